The zero-order valence-electron chi connectivity index (χ0n) is 8.79. The molecule has 1 saturated heterocycles. The molecule has 1 fully saturated rings. The predicted molar refractivity (Wildman–Crippen MR) is 82.2 cm³/mol. The number of rotatable bonds is 6. The minimum Gasteiger partial charge on any atom is -0.395 e. The SMILES string of the molecule is C[P+](=S)SCC1CO1.C[P+](=S)SCCO. The molecule has 8 heteroatoms. The Labute approximate surface area is 112 Å². The van der Waals surface area contributed by atoms with E-state index in [1.54, 1.807) is 11.4 Å². The van der Waals surface area contributed by atoms with Crippen LogP contribution >= 0.6 is 34.6 Å². The topological polar surface area (TPSA) is 32.8 Å². The van der Waals surface area contributed by atoms with E-state index in [1.165, 1.54) is 0 Å². The van der Waals surface area contributed by atoms with Crippen molar-refractivity contribution < 1.29 is 9.84 Å². The van der Waals surface area contributed by atoms with Gasteiger partial charge in [0.1, 0.15) is 13.3 Å². The summed E-state index contributed by atoms with van der Waals surface area (Å²) in [7, 11) is 0. The van der Waals surface area contributed by atoms with Gasteiger partial charge in [-0.25, -0.2) is 0 Å². The zero-order chi connectivity index (χ0) is 11.7. The summed E-state index contributed by atoms with van der Waals surface area (Å²) in [5, 5.41) is 8.26. The highest BCUT2D eigenvalue weighted by Crippen LogP contribution is 2.36. The lowest BCUT2D eigenvalue weighted by molar-refractivity contribution is 0.323. The van der Waals surface area contributed by atoms with Crippen molar-refractivity contribution in [3.8, 4) is 0 Å². The van der Waals surface area contributed by atoms with Crippen LogP contribution in [0.2, 0.25) is 0 Å². The van der Waals surface area contributed by atoms with Crippen LogP contribution in [0.5, 0.6) is 0 Å². The molecule has 0 amide bonds. The zero-order valence-corrected chi connectivity index (χ0v) is 13.8. The second-order valence-electron chi connectivity index (χ2n) is 2.69. The van der Waals surface area contributed by atoms with Crippen LogP contribution in [0.3, 0.4) is 0 Å². The fourth-order valence-corrected chi connectivity index (χ4v) is 4.79. The van der Waals surface area contributed by atoms with Crippen molar-refractivity contribution in [1.29, 1.82) is 0 Å². The molecular weight excluding hydrogens is 306 g/mol. The van der Waals surface area contributed by atoms with Crippen molar-refractivity contribution in [2.75, 3.05) is 38.0 Å². The van der Waals surface area contributed by atoms with Crippen molar-refractivity contribution in [3.05, 3.63) is 0 Å². The third-order valence-corrected chi connectivity index (χ3v) is 7.90. The molecule has 3 unspecified atom stereocenters. The second-order valence-corrected chi connectivity index (χ2v) is 15.2. The lowest BCUT2D eigenvalue weighted by atomic mass is 10.6. The summed E-state index contributed by atoms with van der Waals surface area (Å²) in [6.45, 7) is 5.32. The Kier molecular flexibility index (Phi) is 12.0. The van der Waals surface area contributed by atoms with E-state index >= 15 is 0 Å². The van der Waals surface area contributed by atoms with E-state index in [0.29, 0.717) is 6.10 Å². The molecule has 1 heterocycles. The maximum absolute atomic E-state index is 8.26. The monoisotopic (exact) mass is 322 g/mol. The average Bonchev–Trinajstić information content (AvgIpc) is 2.96. The standard InChI is InChI=1S/C4H8OPS2.C3H8OPS2/c1-6(7)8-3-4-2-5-4;1-5(6)7-3-2-4/h4H,2-3H2,1H3;4H,2-3H2,1H3/q2*+1. The summed E-state index contributed by atoms with van der Waals surface area (Å²) in [6.07, 6.45) is 0.549. The third kappa shape index (κ3) is 15.7. The van der Waals surface area contributed by atoms with Gasteiger partial charge in [0.2, 0.25) is 11.8 Å². The van der Waals surface area contributed by atoms with Gasteiger partial charge >= 0.3 is 0 Å². The molecule has 0 aromatic rings. The summed E-state index contributed by atoms with van der Waals surface area (Å²) in [4.78, 5) is 0. The molecule has 2 nitrogen and oxygen atoms in total. The molecule has 1 aliphatic heterocycles. The van der Waals surface area contributed by atoms with Crippen molar-refractivity contribution in [2.24, 2.45) is 0 Å². The molecule has 0 spiro atoms. The largest absolute Gasteiger partial charge is 0.395 e. The molecule has 3 atom stereocenters. The molecule has 0 saturated carbocycles. The van der Waals surface area contributed by atoms with Crippen LogP contribution in [0.25, 0.3) is 0 Å². The maximum atomic E-state index is 8.26. The summed E-state index contributed by atoms with van der Waals surface area (Å²) < 4.78 is 5.00. The first kappa shape index (κ1) is 16.7. The van der Waals surface area contributed by atoms with Gasteiger partial charge in [-0.1, -0.05) is 0 Å². The highest BCUT2D eigenvalue weighted by Gasteiger charge is 2.24. The third-order valence-electron chi connectivity index (χ3n) is 1.21. The Morgan fingerprint density at radius 2 is 1.87 bits per heavy atom. The Bertz CT molecular complexity index is 211. The Balaban J connectivity index is 0.000000265. The van der Waals surface area contributed by atoms with Crippen molar-refractivity contribution in [2.45, 2.75) is 6.10 Å². The van der Waals surface area contributed by atoms with E-state index < -0.39 is 0 Å². The summed E-state index contributed by atoms with van der Waals surface area (Å²) >= 11 is 13.4. The highest BCUT2D eigenvalue weighted by molar-refractivity contribution is 8.64. The lowest BCUT2D eigenvalue weighted by Gasteiger charge is -1.78. The number of epoxide rings is 1. The number of ether oxygens (including phenoxy) is 1. The second kappa shape index (κ2) is 10.8. The molecular formula is C7H16O2P2S4+2. The van der Waals surface area contributed by atoms with Gasteiger partial charge in [-0.05, 0) is 0 Å². The number of aliphatic hydroxyl groups is 1. The number of hydrogen-bond donors (Lipinski definition) is 1. The molecule has 1 aliphatic rings. The van der Waals surface area contributed by atoms with Crippen molar-refractivity contribution in [3.63, 3.8) is 0 Å². The molecule has 0 radical (unpaired) electrons. The molecule has 88 valence electrons. The van der Waals surface area contributed by atoms with Crippen LogP contribution in [0.15, 0.2) is 0 Å². The maximum Gasteiger partial charge on any atom is 0.242 e. The van der Waals surface area contributed by atoms with Crippen LogP contribution in [0.4, 0.5) is 0 Å². The first-order chi connectivity index (χ1) is 7.06. The van der Waals surface area contributed by atoms with Gasteiger partial charge in [-0.2, -0.15) is 0 Å². The van der Waals surface area contributed by atoms with Gasteiger partial charge in [-0.15, -0.1) is 0 Å². The Hall–Kier alpha value is 1.66. The molecule has 0 aromatic heterocycles. The average molecular weight is 322 g/mol. The van der Waals surface area contributed by atoms with Crippen LogP contribution < -0.4 is 0 Å². The van der Waals surface area contributed by atoms with E-state index in [9.17, 15) is 0 Å². The fraction of sp³-hybridized carbons (Fsp3) is 1.00. The first-order valence-electron chi connectivity index (χ1n) is 4.36. The van der Waals surface area contributed by atoms with Crippen LogP contribution in [0.1, 0.15) is 0 Å². The van der Waals surface area contributed by atoms with Crippen molar-refractivity contribution >= 4 is 58.2 Å². The van der Waals surface area contributed by atoms with Crippen molar-refractivity contribution in [1.82, 2.24) is 0 Å². The minimum absolute atomic E-state index is 0.173. The normalized spacial score (nSPS) is 20.1. The Morgan fingerprint density at radius 1 is 1.33 bits per heavy atom. The predicted octanol–water partition coefficient (Wildman–Crippen LogP) is 2.81. The van der Waals surface area contributed by atoms with Crippen LogP contribution in [-0.4, -0.2) is 49.3 Å². The molecule has 0 aliphatic carbocycles. The summed E-state index contributed by atoms with van der Waals surface area (Å²) in [5.74, 6) is 1.47. The number of hydrogen-bond acceptors (Lipinski definition) is 6. The van der Waals surface area contributed by atoms with E-state index in [-0.39, 0.29) is 18.4 Å². The van der Waals surface area contributed by atoms with Gasteiger partial charge in [0, 0.05) is 0 Å². The van der Waals surface area contributed by atoms with Crippen LogP contribution in [0, 0.1) is 0 Å². The van der Waals surface area contributed by atoms with Gasteiger partial charge in [0.25, 0.3) is 0 Å². The van der Waals surface area contributed by atoms with E-state index in [0.717, 1.165) is 18.1 Å². The van der Waals surface area contributed by atoms with Gasteiger partial charge in [0.15, 0.2) is 23.6 Å². The molecule has 0 bridgehead atoms. The highest BCUT2D eigenvalue weighted by atomic mass is 32.9. The number of aliphatic hydroxyl groups excluding tert-OH is 1. The lowest BCUT2D eigenvalue weighted by Crippen LogP contribution is -1.84. The van der Waals surface area contributed by atoms with Gasteiger partial charge < -0.3 is 9.84 Å². The van der Waals surface area contributed by atoms with Crippen LogP contribution in [-0.2, 0) is 28.4 Å². The van der Waals surface area contributed by atoms with E-state index in [1.807, 2.05) is 18.0 Å². The van der Waals surface area contributed by atoms with Gasteiger partial charge in [-0.3, -0.25) is 0 Å². The quantitative estimate of drug-likeness (QED) is 0.598. The molecule has 15 heavy (non-hydrogen) atoms. The minimum atomic E-state index is -0.266. The van der Waals surface area contributed by atoms with E-state index in [2.05, 4.69) is 6.66 Å². The smallest absolute Gasteiger partial charge is 0.242 e. The summed E-state index contributed by atoms with van der Waals surface area (Å²) in [6, 6.07) is 0. The Morgan fingerprint density at radius 3 is 2.13 bits per heavy atom. The molecule has 1 N–H and O–H groups in total. The molecule has 1 rings (SSSR count). The van der Waals surface area contributed by atoms with E-state index in [4.69, 9.17) is 33.5 Å². The first-order valence-corrected chi connectivity index (χ1v) is 13.1. The fourth-order valence-electron chi connectivity index (χ4n) is 0.522. The van der Waals surface area contributed by atoms with Gasteiger partial charge in [0.05, 0.1) is 53.6 Å². The molecule has 0 aromatic carbocycles. The summed E-state index contributed by atoms with van der Waals surface area (Å²) in [5.41, 5.74) is 0.